The fourth-order valence-electron chi connectivity index (χ4n) is 2.37. The van der Waals surface area contributed by atoms with Crippen LogP contribution >= 0.6 is 0 Å². The topological polar surface area (TPSA) is 43.4 Å². The van der Waals surface area contributed by atoms with Crippen molar-refractivity contribution in [1.29, 1.82) is 0 Å². The molecule has 0 saturated heterocycles. The van der Waals surface area contributed by atoms with Gasteiger partial charge in [-0.1, -0.05) is 6.07 Å². The van der Waals surface area contributed by atoms with E-state index < -0.39 is 0 Å². The van der Waals surface area contributed by atoms with E-state index in [1.54, 1.807) is 7.11 Å². The van der Waals surface area contributed by atoms with Crippen molar-refractivity contribution in [3.63, 3.8) is 0 Å². The van der Waals surface area contributed by atoms with Crippen molar-refractivity contribution in [2.45, 2.75) is 44.5 Å². The van der Waals surface area contributed by atoms with E-state index in [1.165, 1.54) is 6.42 Å². The Morgan fingerprint density at radius 1 is 1.33 bits per heavy atom. The number of anilines is 1. The molecule has 0 radical (unpaired) electrons. The third kappa shape index (κ3) is 3.68. The smallest absolute Gasteiger partial charge is 0.126 e. The summed E-state index contributed by atoms with van der Waals surface area (Å²) in [5.41, 5.74) is 0.974. The number of hydrogen-bond donors (Lipinski definition) is 1. The minimum Gasteiger partial charge on any atom is -0.381 e. The van der Waals surface area contributed by atoms with Crippen molar-refractivity contribution in [3.8, 4) is 0 Å². The lowest BCUT2D eigenvalue weighted by molar-refractivity contribution is -0.0371. The molecular formula is C14H22N2O2. The van der Waals surface area contributed by atoms with Crippen molar-refractivity contribution >= 4 is 5.82 Å². The van der Waals surface area contributed by atoms with Crippen LogP contribution in [-0.2, 0) is 16.1 Å². The minimum absolute atomic E-state index is 0.309. The van der Waals surface area contributed by atoms with Gasteiger partial charge in [-0.05, 0) is 37.8 Å². The summed E-state index contributed by atoms with van der Waals surface area (Å²) in [6, 6.07) is 5.94. The molecule has 18 heavy (non-hydrogen) atoms. The summed E-state index contributed by atoms with van der Waals surface area (Å²) in [5, 5.41) is 3.03. The molecule has 1 aliphatic rings. The lowest BCUT2D eigenvalue weighted by atomic mass is 9.95. The maximum absolute atomic E-state index is 5.93. The average Bonchev–Trinajstić information content (AvgIpc) is 2.45. The van der Waals surface area contributed by atoms with E-state index in [0.29, 0.717) is 18.8 Å². The van der Waals surface area contributed by atoms with Gasteiger partial charge >= 0.3 is 0 Å². The number of methoxy groups -OCH3 is 1. The van der Waals surface area contributed by atoms with E-state index in [-0.39, 0.29) is 0 Å². The second-order valence-electron chi connectivity index (χ2n) is 4.72. The van der Waals surface area contributed by atoms with E-state index in [2.05, 4.69) is 10.3 Å². The zero-order chi connectivity index (χ0) is 12.8. The van der Waals surface area contributed by atoms with Crippen molar-refractivity contribution < 1.29 is 9.47 Å². The Hall–Kier alpha value is -1.13. The number of rotatable bonds is 5. The standard InChI is InChI=1S/C14H22N2O2/c1-15-14-8-3-5-11(16-14)10-18-13-7-4-6-12(9-13)17-2/h3,5,8,12-13H,4,6-7,9-10H2,1-2H3,(H,15,16). The summed E-state index contributed by atoms with van der Waals surface area (Å²) in [6.07, 6.45) is 5.15. The second-order valence-corrected chi connectivity index (χ2v) is 4.72. The van der Waals surface area contributed by atoms with E-state index >= 15 is 0 Å². The van der Waals surface area contributed by atoms with Gasteiger partial charge in [0.2, 0.25) is 0 Å². The number of nitrogens with one attached hydrogen (secondary N) is 1. The summed E-state index contributed by atoms with van der Waals surface area (Å²) < 4.78 is 11.3. The summed E-state index contributed by atoms with van der Waals surface area (Å²) in [6.45, 7) is 0.580. The number of ether oxygens (including phenoxy) is 2. The summed E-state index contributed by atoms with van der Waals surface area (Å²) in [4.78, 5) is 4.45. The zero-order valence-electron chi connectivity index (χ0n) is 11.2. The predicted octanol–water partition coefficient (Wildman–Crippen LogP) is 2.60. The predicted molar refractivity (Wildman–Crippen MR) is 71.6 cm³/mol. The summed E-state index contributed by atoms with van der Waals surface area (Å²) in [7, 11) is 3.66. The molecule has 0 bridgehead atoms. The molecule has 1 saturated carbocycles. The van der Waals surface area contributed by atoms with Gasteiger partial charge in [-0.3, -0.25) is 0 Å². The van der Waals surface area contributed by atoms with Crippen LogP contribution in [0.5, 0.6) is 0 Å². The fourth-order valence-corrected chi connectivity index (χ4v) is 2.37. The number of aromatic nitrogens is 1. The molecule has 2 rings (SSSR count). The second kappa shape index (κ2) is 6.71. The van der Waals surface area contributed by atoms with Gasteiger partial charge in [-0.2, -0.15) is 0 Å². The normalized spacial score (nSPS) is 23.9. The number of nitrogens with zero attached hydrogens (tertiary/aromatic N) is 1. The molecule has 4 nitrogen and oxygen atoms in total. The summed E-state index contributed by atoms with van der Waals surface area (Å²) in [5.74, 6) is 0.884. The number of hydrogen-bond acceptors (Lipinski definition) is 4. The maximum atomic E-state index is 5.93. The highest BCUT2D eigenvalue weighted by atomic mass is 16.5. The maximum Gasteiger partial charge on any atom is 0.126 e. The first-order valence-electron chi connectivity index (χ1n) is 6.60. The van der Waals surface area contributed by atoms with Crippen molar-refractivity contribution in [3.05, 3.63) is 23.9 Å². The molecule has 1 N–H and O–H groups in total. The Labute approximate surface area is 109 Å². The molecule has 2 unspecified atom stereocenters. The van der Waals surface area contributed by atoms with Crippen LogP contribution in [-0.4, -0.2) is 31.3 Å². The van der Waals surface area contributed by atoms with Crippen LogP contribution in [0.25, 0.3) is 0 Å². The Morgan fingerprint density at radius 2 is 2.17 bits per heavy atom. The molecule has 0 aromatic carbocycles. The lowest BCUT2D eigenvalue weighted by Crippen LogP contribution is -2.27. The first-order chi connectivity index (χ1) is 8.81. The van der Waals surface area contributed by atoms with Crippen LogP contribution in [0.1, 0.15) is 31.4 Å². The highest BCUT2D eigenvalue weighted by molar-refractivity contribution is 5.34. The molecule has 0 aliphatic heterocycles. The van der Waals surface area contributed by atoms with E-state index in [0.717, 1.165) is 30.8 Å². The molecule has 0 spiro atoms. The van der Waals surface area contributed by atoms with Crippen LogP contribution in [0.4, 0.5) is 5.82 Å². The Balaban J connectivity index is 1.83. The molecule has 1 aromatic heterocycles. The molecule has 0 amide bonds. The largest absolute Gasteiger partial charge is 0.381 e. The number of pyridine rings is 1. The van der Waals surface area contributed by atoms with Crippen LogP contribution in [0, 0.1) is 0 Å². The minimum atomic E-state index is 0.309. The highest BCUT2D eigenvalue weighted by Crippen LogP contribution is 2.23. The van der Waals surface area contributed by atoms with Gasteiger partial charge in [-0.15, -0.1) is 0 Å². The average molecular weight is 250 g/mol. The van der Waals surface area contributed by atoms with Gasteiger partial charge in [0, 0.05) is 14.2 Å². The first-order valence-corrected chi connectivity index (χ1v) is 6.60. The van der Waals surface area contributed by atoms with E-state index in [9.17, 15) is 0 Å². The fraction of sp³-hybridized carbons (Fsp3) is 0.643. The van der Waals surface area contributed by atoms with E-state index in [1.807, 2.05) is 25.2 Å². The van der Waals surface area contributed by atoms with Crippen LogP contribution in [0.3, 0.4) is 0 Å². The molecule has 2 atom stereocenters. The summed E-state index contributed by atoms with van der Waals surface area (Å²) >= 11 is 0. The molecule has 4 heteroatoms. The molecular weight excluding hydrogens is 228 g/mol. The third-order valence-electron chi connectivity index (χ3n) is 3.44. The van der Waals surface area contributed by atoms with Crippen LogP contribution in [0.15, 0.2) is 18.2 Å². The quantitative estimate of drug-likeness (QED) is 0.872. The monoisotopic (exact) mass is 250 g/mol. The van der Waals surface area contributed by atoms with Gasteiger partial charge in [0.25, 0.3) is 0 Å². The zero-order valence-corrected chi connectivity index (χ0v) is 11.2. The van der Waals surface area contributed by atoms with E-state index in [4.69, 9.17) is 9.47 Å². The molecule has 1 aromatic rings. The Morgan fingerprint density at radius 3 is 2.94 bits per heavy atom. The van der Waals surface area contributed by atoms with Crippen molar-refractivity contribution in [2.24, 2.45) is 0 Å². The van der Waals surface area contributed by atoms with Gasteiger partial charge < -0.3 is 14.8 Å². The van der Waals surface area contributed by atoms with Crippen molar-refractivity contribution in [2.75, 3.05) is 19.5 Å². The third-order valence-corrected chi connectivity index (χ3v) is 3.44. The first kappa shape index (κ1) is 13.3. The van der Waals surface area contributed by atoms with Gasteiger partial charge in [0.05, 0.1) is 24.5 Å². The SMILES string of the molecule is CNc1cccc(COC2CCCC(OC)C2)n1. The van der Waals surface area contributed by atoms with Gasteiger partial charge in [0.15, 0.2) is 0 Å². The Bertz CT molecular complexity index is 371. The molecule has 1 fully saturated rings. The molecule has 1 aliphatic carbocycles. The Kier molecular flexibility index (Phi) is 4.96. The molecule has 1 heterocycles. The van der Waals surface area contributed by atoms with Crippen LogP contribution in [0.2, 0.25) is 0 Å². The van der Waals surface area contributed by atoms with Gasteiger partial charge in [0.1, 0.15) is 5.82 Å². The van der Waals surface area contributed by atoms with Crippen molar-refractivity contribution in [1.82, 2.24) is 4.98 Å². The lowest BCUT2D eigenvalue weighted by Gasteiger charge is -2.28. The van der Waals surface area contributed by atoms with Gasteiger partial charge in [-0.25, -0.2) is 4.98 Å². The highest BCUT2D eigenvalue weighted by Gasteiger charge is 2.22. The molecule has 100 valence electrons. The van der Waals surface area contributed by atoms with Crippen LogP contribution < -0.4 is 5.32 Å².